The third-order valence-corrected chi connectivity index (χ3v) is 0.878. The van der Waals surface area contributed by atoms with Crippen molar-refractivity contribution in [2.75, 3.05) is 0 Å². The highest BCUT2D eigenvalue weighted by Crippen LogP contribution is 1.92. The van der Waals surface area contributed by atoms with Crippen LogP contribution in [0.5, 0.6) is 0 Å². The van der Waals surface area contributed by atoms with E-state index in [9.17, 15) is 4.79 Å². The maximum Gasteiger partial charge on any atom is 0.170 e. The van der Waals surface area contributed by atoms with E-state index in [1.165, 1.54) is 16.6 Å². The molecule has 3 nitrogen and oxygen atoms in total. The zero-order chi connectivity index (χ0) is 5.98. The number of hydrogen-bond donors (Lipinski definition) is 0. The molecule has 0 N–H and O–H groups in total. The topological polar surface area (TPSA) is 34.9 Å². The molecule has 0 saturated carbocycles. The molecule has 0 atom stereocenters. The van der Waals surface area contributed by atoms with Crippen LogP contribution in [0.25, 0.3) is 0 Å². The number of nitrogens with zero attached hydrogens (tertiary/aromatic N) is 2. The number of imidazole rings is 1. The van der Waals surface area contributed by atoms with Gasteiger partial charge in [-0.15, -0.1) is 0 Å². The molecular weight excluding hydrogens is 128 g/mol. The maximum absolute atomic E-state index is 9.89. The molecule has 0 aliphatic carbocycles. The molecule has 1 aromatic heterocycles. The molecule has 4 heteroatoms. The number of rotatable bonds is 1. The van der Waals surface area contributed by atoms with Gasteiger partial charge in [-0.2, -0.15) is 0 Å². The van der Waals surface area contributed by atoms with E-state index < -0.39 is 0 Å². The maximum atomic E-state index is 9.89. The SMILES string of the molecule is O=Cc1cn(Cl)cn1. The van der Waals surface area contributed by atoms with Crippen LogP contribution in [0.3, 0.4) is 0 Å². The van der Waals surface area contributed by atoms with Crippen molar-refractivity contribution in [3.63, 3.8) is 0 Å². The molecule has 0 radical (unpaired) electrons. The minimum absolute atomic E-state index is 0.347. The summed E-state index contributed by atoms with van der Waals surface area (Å²) >= 11 is 5.33. The minimum atomic E-state index is 0.347. The van der Waals surface area contributed by atoms with Gasteiger partial charge >= 0.3 is 0 Å². The van der Waals surface area contributed by atoms with Crippen molar-refractivity contribution in [2.24, 2.45) is 0 Å². The van der Waals surface area contributed by atoms with Crippen molar-refractivity contribution < 1.29 is 4.79 Å². The summed E-state index contributed by atoms with van der Waals surface area (Å²) in [6, 6.07) is 0. The Balaban J connectivity index is 3.00. The fourth-order valence-electron chi connectivity index (χ4n) is 0.376. The van der Waals surface area contributed by atoms with Crippen LogP contribution in [0.15, 0.2) is 12.5 Å². The summed E-state index contributed by atoms with van der Waals surface area (Å²) in [5, 5.41) is 0. The molecule has 0 bridgehead atoms. The summed E-state index contributed by atoms with van der Waals surface area (Å²) in [4.78, 5) is 13.5. The van der Waals surface area contributed by atoms with Crippen molar-refractivity contribution in [1.29, 1.82) is 0 Å². The number of aromatic nitrogens is 2. The Kier molecular flexibility index (Phi) is 1.30. The lowest BCUT2D eigenvalue weighted by molar-refractivity contribution is 0.111. The highest BCUT2D eigenvalue weighted by atomic mass is 35.5. The molecule has 1 rings (SSSR count). The molecule has 0 aliphatic heterocycles. The third-order valence-electron chi connectivity index (χ3n) is 0.693. The Labute approximate surface area is 51.0 Å². The van der Waals surface area contributed by atoms with Crippen molar-refractivity contribution in [1.82, 2.24) is 9.07 Å². The van der Waals surface area contributed by atoms with E-state index in [1.54, 1.807) is 0 Å². The van der Waals surface area contributed by atoms with Gasteiger partial charge in [-0.25, -0.2) is 9.07 Å². The van der Waals surface area contributed by atoms with E-state index in [-0.39, 0.29) is 0 Å². The summed E-state index contributed by atoms with van der Waals surface area (Å²) in [6.07, 6.45) is 3.42. The van der Waals surface area contributed by atoms with Gasteiger partial charge in [0.25, 0.3) is 0 Å². The van der Waals surface area contributed by atoms with Crippen LogP contribution in [-0.4, -0.2) is 15.4 Å². The highest BCUT2D eigenvalue weighted by Gasteiger charge is 1.90. The van der Waals surface area contributed by atoms with Gasteiger partial charge in [-0.1, -0.05) is 0 Å². The van der Waals surface area contributed by atoms with Crippen molar-refractivity contribution in [3.8, 4) is 0 Å². The van der Waals surface area contributed by atoms with Gasteiger partial charge in [0, 0.05) is 11.8 Å². The summed E-state index contributed by atoms with van der Waals surface area (Å²) in [5.41, 5.74) is 0.347. The van der Waals surface area contributed by atoms with Crippen LogP contribution in [0.4, 0.5) is 0 Å². The first-order valence-corrected chi connectivity index (χ1v) is 2.32. The Hall–Kier alpha value is -0.830. The molecule has 1 heterocycles. The predicted octanol–water partition coefficient (Wildman–Crippen LogP) is 0.698. The fourth-order valence-corrected chi connectivity index (χ4v) is 0.519. The number of halogens is 1. The number of hydrogen-bond acceptors (Lipinski definition) is 2. The zero-order valence-electron chi connectivity index (χ0n) is 3.91. The first kappa shape index (κ1) is 5.31. The summed E-state index contributed by atoms with van der Waals surface area (Å²) in [6.45, 7) is 0. The van der Waals surface area contributed by atoms with Gasteiger partial charge in [-0.3, -0.25) is 4.79 Å². The van der Waals surface area contributed by atoms with Gasteiger partial charge in [0.05, 0.1) is 6.20 Å². The first-order chi connectivity index (χ1) is 3.83. The van der Waals surface area contributed by atoms with E-state index in [1.807, 2.05) is 0 Å². The second-order valence-electron chi connectivity index (χ2n) is 1.26. The van der Waals surface area contributed by atoms with E-state index >= 15 is 0 Å². The quantitative estimate of drug-likeness (QED) is 0.525. The van der Waals surface area contributed by atoms with Gasteiger partial charge in [0.1, 0.15) is 12.0 Å². The summed E-state index contributed by atoms with van der Waals surface area (Å²) in [5.74, 6) is 0. The molecule has 0 aliphatic rings. The number of carbonyl (C=O) groups excluding carboxylic acids is 1. The van der Waals surface area contributed by atoms with Crippen LogP contribution >= 0.6 is 11.8 Å². The Bertz CT molecular complexity index is 196. The standard InChI is InChI=1S/C4H3ClN2O/c5-7-1-4(2-8)6-3-7/h1-3H. The van der Waals surface area contributed by atoms with Crippen molar-refractivity contribution in [3.05, 3.63) is 18.2 Å². The van der Waals surface area contributed by atoms with E-state index in [0.29, 0.717) is 12.0 Å². The second kappa shape index (κ2) is 1.96. The first-order valence-electron chi connectivity index (χ1n) is 1.98. The fraction of sp³-hybridized carbons (Fsp3) is 0. The van der Waals surface area contributed by atoms with Gasteiger partial charge in [-0.05, 0) is 0 Å². The molecule has 0 aromatic carbocycles. The average molecular weight is 131 g/mol. The molecule has 0 amide bonds. The molecule has 1 aromatic rings. The monoisotopic (exact) mass is 130 g/mol. The van der Waals surface area contributed by atoms with E-state index in [2.05, 4.69) is 4.98 Å². The van der Waals surface area contributed by atoms with Crippen molar-refractivity contribution in [2.45, 2.75) is 0 Å². The lowest BCUT2D eigenvalue weighted by Gasteiger charge is -1.73. The number of aldehydes is 1. The molecule has 42 valence electrons. The van der Waals surface area contributed by atoms with Crippen LogP contribution < -0.4 is 0 Å². The Morgan fingerprint density at radius 3 is 2.88 bits per heavy atom. The largest absolute Gasteiger partial charge is 0.296 e. The molecule has 8 heavy (non-hydrogen) atoms. The number of carbonyl (C=O) groups is 1. The summed E-state index contributed by atoms with van der Waals surface area (Å²) in [7, 11) is 0. The van der Waals surface area contributed by atoms with Crippen LogP contribution in [0.1, 0.15) is 10.5 Å². The van der Waals surface area contributed by atoms with E-state index in [4.69, 9.17) is 11.8 Å². The molecule has 0 fully saturated rings. The molecular formula is C4H3ClN2O. The Morgan fingerprint density at radius 1 is 1.88 bits per heavy atom. The minimum Gasteiger partial charge on any atom is -0.296 e. The highest BCUT2D eigenvalue weighted by molar-refractivity contribution is 6.15. The average Bonchev–Trinajstić information content (AvgIpc) is 2.14. The van der Waals surface area contributed by atoms with Crippen molar-refractivity contribution >= 4 is 18.1 Å². The lowest BCUT2D eigenvalue weighted by atomic mass is 10.6. The van der Waals surface area contributed by atoms with Crippen LogP contribution in [0.2, 0.25) is 0 Å². The van der Waals surface area contributed by atoms with Gasteiger partial charge in [0.2, 0.25) is 0 Å². The van der Waals surface area contributed by atoms with Crippen LogP contribution in [-0.2, 0) is 0 Å². The summed E-state index contributed by atoms with van der Waals surface area (Å²) < 4.78 is 1.20. The lowest BCUT2D eigenvalue weighted by Crippen LogP contribution is -1.73. The molecule has 0 saturated heterocycles. The molecule has 0 spiro atoms. The third kappa shape index (κ3) is 0.869. The predicted molar refractivity (Wildman–Crippen MR) is 28.9 cm³/mol. The van der Waals surface area contributed by atoms with Gasteiger partial charge in [0.15, 0.2) is 6.29 Å². The molecule has 0 unspecified atom stereocenters. The van der Waals surface area contributed by atoms with Crippen LogP contribution in [0, 0.1) is 0 Å². The Morgan fingerprint density at radius 2 is 2.62 bits per heavy atom. The smallest absolute Gasteiger partial charge is 0.170 e. The second-order valence-corrected chi connectivity index (χ2v) is 1.65. The van der Waals surface area contributed by atoms with E-state index in [0.717, 1.165) is 0 Å². The van der Waals surface area contributed by atoms with Gasteiger partial charge < -0.3 is 0 Å². The zero-order valence-corrected chi connectivity index (χ0v) is 4.67. The normalized spacial score (nSPS) is 9.12.